The molecule has 1 aromatic carbocycles. The lowest BCUT2D eigenvalue weighted by Gasteiger charge is -2.46. The number of aliphatic hydroxyl groups is 1. The van der Waals surface area contributed by atoms with Crippen molar-refractivity contribution in [3.05, 3.63) is 35.6 Å². The van der Waals surface area contributed by atoms with E-state index in [2.05, 4.69) is 10.2 Å². The minimum Gasteiger partial charge on any atom is -0.390 e. The summed E-state index contributed by atoms with van der Waals surface area (Å²) in [5.74, 6) is -0.274. The van der Waals surface area contributed by atoms with E-state index in [9.17, 15) is 14.3 Å². The molecule has 2 aliphatic heterocycles. The summed E-state index contributed by atoms with van der Waals surface area (Å²) in [6, 6.07) is 6.14. The normalized spacial score (nSPS) is 23.5. The van der Waals surface area contributed by atoms with Gasteiger partial charge in [-0.2, -0.15) is 0 Å². The molecule has 2 heterocycles. The zero-order valence-corrected chi connectivity index (χ0v) is 14.5. The molecule has 2 saturated heterocycles. The van der Waals surface area contributed by atoms with Gasteiger partial charge in [0.15, 0.2) is 0 Å². The zero-order chi connectivity index (χ0) is 17.7. The van der Waals surface area contributed by atoms with Crippen LogP contribution in [-0.2, 0) is 16.1 Å². The number of benzene rings is 1. The van der Waals surface area contributed by atoms with Gasteiger partial charge in [0.2, 0.25) is 5.91 Å². The van der Waals surface area contributed by atoms with Gasteiger partial charge in [0.1, 0.15) is 5.82 Å². The maximum atomic E-state index is 12.9. The van der Waals surface area contributed by atoms with E-state index in [-0.39, 0.29) is 23.4 Å². The average molecular weight is 350 g/mol. The third-order valence-corrected chi connectivity index (χ3v) is 5.38. The number of hydrogen-bond donors (Lipinski definition) is 2. The molecular formula is C19H27FN2O3. The Bertz CT molecular complexity index is 571. The molecule has 0 aromatic heterocycles. The van der Waals surface area contributed by atoms with E-state index in [1.807, 2.05) is 0 Å². The van der Waals surface area contributed by atoms with Crippen LogP contribution >= 0.6 is 0 Å². The van der Waals surface area contributed by atoms with Gasteiger partial charge in [-0.15, -0.1) is 0 Å². The van der Waals surface area contributed by atoms with Crippen molar-refractivity contribution in [2.45, 2.75) is 50.4 Å². The average Bonchev–Trinajstić information content (AvgIpc) is 2.63. The molecule has 1 aromatic rings. The standard InChI is InChI=1S/C19H27FN2O3/c20-16-5-3-15(4-6-16)14-21-18(24)7-10-22-11-8-19(9-12-22)17(23)2-1-13-25-19/h3-6,17,23H,1-2,7-14H2,(H,21,24)/t17-/m1/s1. The lowest BCUT2D eigenvalue weighted by Crippen LogP contribution is -2.55. The molecule has 25 heavy (non-hydrogen) atoms. The Labute approximate surface area is 148 Å². The van der Waals surface area contributed by atoms with Crippen molar-refractivity contribution < 1.29 is 19.0 Å². The summed E-state index contributed by atoms with van der Waals surface area (Å²) in [6.45, 7) is 3.57. The summed E-state index contributed by atoms with van der Waals surface area (Å²) >= 11 is 0. The molecule has 138 valence electrons. The molecular weight excluding hydrogens is 323 g/mol. The number of halogens is 1. The molecule has 1 amide bonds. The molecule has 1 atom stereocenters. The summed E-state index contributed by atoms with van der Waals surface area (Å²) < 4.78 is 18.8. The van der Waals surface area contributed by atoms with Crippen LogP contribution in [0.5, 0.6) is 0 Å². The molecule has 0 unspecified atom stereocenters. The minimum atomic E-state index is -0.362. The van der Waals surface area contributed by atoms with Gasteiger partial charge in [-0.05, 0) is 43.4 Å². The van der Waals surface area contributed by atoms with Crippen molar-refractivity contribution in [3.63, 3.8) is 0 Å². The lowest BCUT2D eigenvalue weighted by atomic mass is 9.82. The summed E-state index contributed by atoms with van der Waals surface area (Å²) in [5, 5.41) is 13.1. The van der Waals surface area contributed by atoms with Gasteiger partial charge in [0.25, 0.3) is 0 Å². The number of nitrogens with zero attached hydrogens (tertiary/aromatic N) is 1. The van der Waals surface area contributed by atoms with Crippen LogP contribution < -0.4 is 5.32 Å². The van der Waals surface area contributed by atoms with E-state index in [1.165, 1.54) is 12.1 Å². The van der Waals surface area contributed by atoms with Gasteiger partial charge < -0.3 is 20.1 Å². The summed E-state index contributed by atoms with van der Waals surface area (Å²) in [4.78, 5) is 14.3. The van der Waals surface area contributed by atoms with E-state index in [0.29, 0.717) is 19.5 Å². The highest BCUT2D eigenvalue weighted by molar-refractivity contribution is 5.76. The SMILES string of the molecule is O=C(CCN1CCC2(CC1)OCCC[C@H]2O)NCc1ccc(F)cc1. The van der Waals surface area contributed by atoms with Crippen molar-refractivity contribution in [1.82, 2.24) is 10.2 Å². The first kappa shape index (κ1) is 18.3. The third kappa shape index (κ3) is 4.77. The number of piperidine rings is 1. The van der Waals surface area contributed by atoms with Crippen LogP contribution in [0.2, 0.25) is 0 Å². The fourth-order valence-corrected chi connectivity index (χ4v) is 3.70. The van der Waals surface area contributed by atoms with Crippen molar-refractivity contribution in [2.24, 2.45) is 0 Å². The second kappa shape index (κ2) is 8.25. The maximum Gasteiger partial charge on any atom is 0.221 e. The molecule has 5 nitrogen and oxygen atoms in total. The van der Waals surface area contributed by atoms with E-state index in [0.717, 1.165) is 50.9 Å². The molecule has 2 N–H and O–H groups in total. The quantitative estimate of drug-likeness (QED) is 0.851. The number of likely N-dealkylation sites (tertiary alicyclic amines) is 1. The van der Waals surface area contributed by atoms with Crippen molar-refractivity contribution >= 4 is 5.91 Å². The maximum absolute atomic E-state index is 12.9. The van der Waals surface area contributed by atoms with Gasteiger partial charge in [0, 0.05) is 39.2 Å². The number of carbonyl (C=O) groups excluding carboxylic acids is 1. The Balaban J connectivity index is 1.36. The number of carbonyl (C=O) groups is 1. The van der Waals surface area contributed by atoms with E-state index >= 15 is 0 Å². The summed E-state index contributed by atoms with van der Waals surface area (Å²) in [6.07, 6.45) is 3.49. The molecule has 0 aliphatic carbocycles. The van der Waals surface area contributed by atoms with Crippen molar-refractivity contribution in [1.29, 1.82) is 0 Å². The molecule has 0 bridgehead atoms. The van der Waals surface area contributed by atoms with Gasteiger partial charge >= 0.3 is 0 Å². The molecule has 6 heteroatoms. The third-order valence-electron chi connectivity index (χ3n) is 5.38. The van der Waals surface area contributed by atoms with Crippen LogP contribution in [0.25, 0.3) is 0 Å². The molecule has 0 saturated carbocycles. The molecule has 3 rings (SSSR count). The molecule has 2 aliphatic rings. The first-order chi connectivity index (χ1) is 12.1. The van der Waals surface area contributed by atoms with Gasteiger partial charge in [-0.25, -0.2) is 4.39 Å². The monoisotopic (exact) mass is 350 g/mol. The smallest absolute Gasteiger partial charge is 0.221 e. The Morgan fingerprint density at radius 3 is 2.72 bits per heavy atom. The number of rotatable bonds is 5. The summed E-state index contributed by atoms with van der Waals surface area (Å²) in [7, 11) is 0. The second-order valence-corrected chi connectivity index (χ2v) is 7.07. The number of nitrogens with one attached hydrogen (secondary N) is 1. The van der Waals surface area contributed by atoms with Gasteiger partial charge in [-0.1, -0.05) is 12.1 Å². The van der Waals surface area contributed by atoms with E-state index in [4.69, 9.17) is 4.74 Å². The fourth-order valence-electron chi connectivity index (χ4n) is 3.70. The van der Waals surface area contributed by atoms with Crippen LogP contribution in [0.1, 0.15) is 37.7 Å². The van der Waals surface area contributed by atoms with Crippen LogP contribution in [0.15, 0.2) is 24.3 Å². The van der Waals surface area contributed by atoms with Crippen molar-refractivity contribution in [3.8, 4) is 0 Å². The Morgan fingerprint density at radius 1 is 1.32 bits per heavy atom. The minimum absolute atomic E-state index is 0.00133. The number of amides is 1. The van der Waals surface area contributed by atoms with E-state index in [1.54, 1.807) is 12.1 Å². The fraction of sp³-hybridized carbons (Fsp3) is 0.632. The lowest BCUT2D eigenvalue weighted by molar-refractivity contribution is -0.176. The highest BCUT2D eigenvalue weighted by atomic mass is 19.1. The Morgan fingerprint density at radius 2 is 2.04 bits per heavy atom. The van der Waals surface area contributed by atoms with Gasteiger partial charge in [0.05, 0.1) is 11.7 Å². The molecule has 1 spiro atoms. The predicted molar refractivity (Wildman–Crippen MR) is 92.5 cm³/mol. The van der Waals surface area contributed by atoms with Crippen molar-refractivity contribution in [2.75, 3.05) is 26.2 Å². The Kier molecular flexibility index (Phi) is 6.04. The molecule has 2 fully saturated rings. The molecule has 0 radical (unpaired) electrons. The second-order valence-electron chi connectivity index (χ2n) is 7.07. The van der Waals surface area contributed by atoms with Crippen LogP contribution in [0.3, 0.4) is 0 Å². The largest absolute Gasteiger partial charge is 0.390 e. The first-order valence-corrected chi connectivity index (χ1v) is 9.13. The van der Waals surface area contributed by atoms with Crippen LogP contribution in [0, 0.1) is 5.82 Å². The Hall–Kier alpha value is -1.50. The number of hydrogen-bond acceptors (Lipinski definition) is 4. The van der Waals surface area contributed by atoms with E-state index < -0.39 is 0 Å². The highest BCUT2D eigenvalue weighted by Crippen LogP contribution is 2.35. The van der Waals surface area contributed by atoms with Crippen LogP contribution in [0.4, 0.5) is 4.39 Å². The van der Waals surface area contributed by atoms with Gasteiger partial charge in [-0.3, -0.25) is 4.79 Å². The number of aliphatic hydroxyl groups excluding tert-OH is 1. The highest BCUT2D eigenvalue weighted by Gasteiger charge is 2.43. The van der Waals surface area contributed by atoms with Crippen LogP contribution in [-0.4, -0.2) is 53.9 Å². The summed E-state index contributed by atoms with van der Waals surface area (Å²) in [5.41, 5.74) is 0.526. The topological polar surface area (TPSA) is 61.8 Å². The first-order valence-electron chi connectivity index (χ1n) is 9.13. The predicted octanol–water partition coefficient (Wildman–Crippen LogP) is 1.84. The number of ether oxygens (including phenoxy) is 1. The zero-order valence-electron chi connectivity index (χ0n) is 14.5.